The number of halogens is 2. The first kappa shape index (κ1) is 14.4. The predicted molar refractivity (Wildman–Crippen MR) is 67.2 cm³/mol. The molecule has 106 valence electrons. The Balaban J connectivity index is 1.89. The Labute approximate surface area is 111 Å². The van der Waals surface area contributed by atoms with Crippen LogP contribution in [-0.2, 0) is 10.0 Å². The fourth-order valence-electron chi connectivity index (χ4n) is 1.70. The number of hydrogen-bond donors (Lipinski definition) is 2. The van der Waals surface area contributed by atoms with Crippen LogP contribution in [-0.4, -0.2) is 27.5 Å². The minimum absolute atomic E-state index is 0.149. The molecule has 2 rings (SSSR count). The molecular formula is C12H16F2N2O2S. The Hall–Kier alpha value is -1.05. The van der Waals surface area contributed by atoms with E-state index in [2.05, 4.69) is 10.0 Å². The molecule has 0 aromatic heterocycles. The Morgan fingerprint density at radius 1 is 1.16 bits per heavy atom. The van der Waals surface area contributed by atoms with E-state index in [0.29, 0.717) is 19.0 Å². The van der Waals surface area contributed by atoms with Crippen LogP contribution in [0.3, 0.4) is 0 Å². The minimum Gasteiger partial charge on any atom is -0.314 e. The van der Waals surface area contributed by atoms with Gasteiger partial charge in [-0.1, -0.05) is 6.07 Å². The van der Waals surface area contributed by atoms with Gasteiger partial charge in [0.05, 0.1) is 0 Å². The molecule has 0 unspecified atom stereocenters. The van der Waals surface area contributed by atoms with Gasteiger partial charge in [-0.2, -0.15) is 0 Å². The van der Waals surface area contributed by atoms with Gasteiger partial charge in [-0.05, 0) is 37.9 Å². The van der Waals surface area contributed by atoms with Gasteiger partial charge >= 0.3 is 0 Å². The molecule has 1 aliphatic rings. The molecule has 1 aromatic rings. The molecule has 19 heavy (non-hydrogen) atoms. The van der Waals surface area contributed by atoms with Crippen molar-refractivity contribution < 1.29 is 17.2 Å². The maximum Gasteiger partial charge on any atom is 0.246 e. The van der Waals surface area contributed by atoms with Gasteiger partial charge < -0.3 is 5.32 Å². The van der Waals surface area contributed by atoms with Crippen molar-refractivity contribution in [3.8, 4) is 0 Å². The van der Waals surface area contributed by atoms with E-state index >= 15 is 0 Å². The summed E-state index contributed by atoms with van der Waals surface area (Å²) in [5.74, 6) is -2.16. The number of benzene rings is 1. The van der Waals surface area contributed by atoms with Crippen LogP contribution in [0.1, 0.15) is 19.3 Å². The molecule has 1 aromatic carbocycles. The van der Waals surface area contributed by atoms with E-state index in [1.54, 1.807) is 0 Å². The summed E-state index contributed by atoms with van der Waals surface area (Å²) in [5.41, 5.74) is 0. The van der Waals surface area contributed by atoms with E-state index in [1.165, 1.54) is 0 Å². The van der Waals surface area contributed by atoms with E-state index in [4.69, 9.17) is 0 Å². The van der Waals surface area contributed by atoms with E-state index in [1.807, 2.05) is 0 Å². The molecule has 1 fully saturated rings. The zero-order chi connectivity index (χ0) is 13.9. The van der Waals surface area contributed by atoms with Gasteiger partial charge in [-0.25, -0.2) is 21.9 Å². The van der Waals surface area contributed by atoms with Crippen LogP contribution < -0.4 is 10.0 Å². The summed E-state index contributed by atoms with van der Waals surface area (Å²) in [7, 11) is -4.13. The Morgan fingerprint density at radius 2 is 1.79 bits per heavy atom. The molecule has 1 aliphatic carbocycles. The van der Waals surface area contributed by atoms with Crippen LogP contribution in [0.25, 0.3) is 0 Å². The molecule has 0 saturated heterocycles. The van der Waals surface area contributed by atoms with Gasteiger partial charge in [-0.15, -0.1) is 0 Å². The number of rotatable bonds is 7. The highest BCUT2D eigenvalue weighted by molar-refractivity contribution is 7.89. The summed E-state index contributed by atoms with van der Waals surface area (Å²) in [5, 5.41) is 3.22. The van der Waals surface area contributed by atoms with Crippen molar-refractivity contribution >= 4 is 10.0 Å². The van der Waals surface area contributed by atoms with Gasteiger partial charge in [0.25, 0.3) is 0 Å². The van der Waals surface area contributed by atoms with Crippen molar-refractivity contribution in [2.24, 2.45) is 0 Å². The van der Waals surface area contributed by atoms with E-state index in [9.17, 15) is 17.2 Å². The van der Waals surface area contributed by atoms with Crippen LogP contribution in [0.15, 0.2) is 23.1 Å². The predicted octanol–water partition coefficient (Wildman–Crippen LogP) is 1.39. The summed E-state index contributed by atoms with van der Waals surface area (Å²) in [4.78, 5) is -0.912. The highest BCUT2D eigenvalue weighted by Gasteiger charge is 2.23. The van der Waals surface area contributed by atoms with Crippen LogP contribution in [0.5, 0.6) is 0 Å². The van der Waals surface area contributed by atoms with Crippen molar-refractivity contribution in [1.82, 2.24) is 10.0 Å². The highest BCUT2D eigenvalue weighted by Crippen LogP contribution is 2.19. The number of sulfonamides is 1. The largest absolute Gasteiger partial charge is 0.314 e. The van der Waals surface area contributed by atoms with Crippen molar-refractivity contribution in [2.75, 3.05) is 13.1 Å². The second-order valence-corrected chi connectivity index (χ2v) is 6.23. The number of hydrogen-bond acceptors (Lipinski definition) is 3. The molecule has 0 bridgehead atoms. The second-order valence-electron chi connectivity index (χ2n) is 4.53. The van der Waals surface area contributed by atoms with Gasteiger partial charge in [-0.3, -0.25) is 0 Å². The maximum absolute atomic E-state index is 13.4. The lowest BCUT2D eigenvalue weighted by Crippen LogP contribution is -2.29. The topological polar surface area (TPSA) is 58.2 Å². The zero-order valence-electron chi connectivity index (χ0n) is 10.3. The minimum atomic E-state index is -4.13. The smallest absolute Gasteiger partial charge is 0.246 e. The number of nitrogens with one attached hydrogen (secondary N) is 2. The first-order valence-corrected chi connectivity index (χ1v) is 7.66. The van der Waals surface area contributed by atoms with Crippen molar-refractivity contribution in [1.29, 1.82) is 0 Å². The molecule has 0 spiro atoms. The normalized spacial score (nSPS) is 15.7. The van der Waals surface area contributed by atoms with Crippen LogP contribution >= 0.6 is 0 Å². The molecule has 0 radical (unpaired) electrons. The zero-order valence-corrected chi connectivity index (χ0v) is 11.1. The quantitative estimate of drug-likeness (QED) is 0.746. The first-order valence-electron chi connectivity index (χ1n) is 6.18. The van der Waals surface area contributed by atoms with Crippen molar-refractivity contribution in [3.05, 3.63) is 29.8 Å². The standard InChI is InChI=1S/C12H16F2N2O2S/c13-10-3-1-4-11(14)12(10)19(17,18)16-8-2-7-15-9-5-6-9/h1,3-4,9,15-16H,2,5-8H2. The lowest BCUT2D eigenvalue weighted by atomic mass is 10.3. The molecule has 0 aliphatic heterocycles. The monoisotopic (exact) mass is 290 g/mol. The van der Waals surface area contributed by atoms with Crippen molar-refractivity contribution in [2.45, 2.75) is 30.2 Å². The Kier molecular flexibility index (Phi) is 4.49. The van der Waals surface area contributed by atoms with E-state index < -0.39 is 26.6 Å². The average molecular weight is 290 g/mol. The molecule has 0 amide bonds. The maximum atomic E-state index is 13.4. The fraction of sp³-hybridized carbons (Fsp3) is 0.500. The van der Waals surface area contributed by atoms with Crippen LogP contribution in [0.4, 0.5) is 8.78 Å². The molecule has 1 saturated carbocycles. The van der Waals surface area contributed by atoms with Gasteiger partial charge in [0.1, 0.15) is 11.6 Å². The molecule has 0 heterocycles. The third kappa shape index (κ3) is 3.95. The second kappa shape index (κ2) is 5.94. The first-order chi connectivity index (χ1) is 9.00. The molecule has 0 atom stereocenters. The van der Waals surface area contributed by atoms with Gasteiger partial charge in [0, 0.05) is 12.6 Å². The Bertz CT molecular complexity index is 524. The molecule has 2 N–H and O–H groups in total. The molecule has 7 heteroatoms. The van der Waals surface area contributed by atoms with E-state index in [0.717, 1.165) is 31.0 Å². The van der Waals surface area contributed by atoms with Gasteiger partial charge in [0.15, 0.2) is 4.90 Å². The summed E-state index contributed by atoms with van der Waals surface area (Å²) >= 11 is 0. The SMILES string of the molecule is O=S(=O)(NCCCNC1CC1)c1c(F)cccc1F. The average Bonchev–Trinajstić information content (AvgIpc) is 3.11. The summed E-state index contributed by atoms with van der Waals surface area (Å²) < 4.78 is 52.5. The summed E-state index contributed by atoms with van der Waals surface area (Å²) in [6, 6.07) is 3.53. The van der Waals surface area contributed by atoms with Crippen LogP contribution in [0, 0.1) is 11.6 Å². The lowest BCUT2D eigenvalue weighted by molar-refractivity contribution is 0.512. The van der Waals surface area contributed by atoms with E-state index in [-0.39, 0.29) is 6.54 Å². The molecule has 4 nitrogen and oxygen atoms in total. The summed E-state index contributed by atoms with van der Waals surface area (Å²) in [6.07, 6.45) is 2.89. The molecular weight excluding hydrogens is 274 g/mol. The van der Waals surface area contributed by atoms with Gasteiger partial charge in [0.2, 0.25) is 10.0 Å². The third-order valence-corrected chi connectivity index (χ3v) is 4.36. The third-order valence-electron chi connectivity index (χ3n) is 2.84. The highest BCUT2D eigenvalue weighted by atomic mass is 32.2. The van der Waals surface area contributed by atoms with Crippen molar-refractivity contribution in [3.63, 3.8) is 0 Å². The fourth-order valence-corrected chi connectivity index (χ4v) is 2.91. The van der Waals surface area contributed by atoms with Crippen LogP contribution in [0.2, 0.25) is 0 Å². The Morgan fingerprint density at radius 3 is 2.37 bits per heavy atom. The summed E-state index contributed by atoms with van der Waals surface area (Å²) in [6.45, 7) is 0.836. The lowest BCUT2D eigenvalue weighted by Gasteiger charge is -2.08.